The Bertz CT molecular complexity index is 664. The lowest BCUT2D eigenvalue weighted by Crippen LogP contribution is -2.28. The molecule has 1 amide bonds. The van der Waals surface area contributed by atoms with Crippen LogP contribution in [-0.2, 0) is 10.0 Å². The summed E-state index contributed by atoms with van der Waals surface area (Å²) in [6, 6.07) is 5.02. The van der Waals surface area contributed by atoms with Crippen molar-refractivity contribution in [2.45, 2.75) is 32.4 Å². The summed E-state index contributed by atoms with van der Waals surface area (Å²) in [4.78, 5) is 12.1. The molecule has 23 heavy (non-hydrogen) atoms. The van der Waals surface area contributed by atoms with E-state index in [1.165, 1.54) is 11.4 Å². The van der Waals surface area contributed by atoms with Crippen molar-refractivity contribution < 1.29 is 13.2 Å². The minimum absolute atomic E-state index is 0.142. The van der Waals surface area contributed by atoms with E-state index in [4.69, 9.17) is 0 Å². The smallest absolute Gasteiger partial charge is 0.251 e. The molecule has 1 N–H and O–H groups in total. The molecule has 0 aliphatic rings. The number of carbonyl (C=O) groups is 1. The van der Waals surface area contributed by atoms with Crippen molar-refractivity contribution in [2.75, 3.05) is 29.9 Å². The number of nitrogens with zero attached hydrogens (tertiary/aromatic N) is 1. The van der Waals surface area contributed by atoms with Crippen LogP contribution in [0.2, 0.25) is 0 Å². The third-order valence-corrected chi connectivity index (χ3v) is 5.68. The molecule has 0 unspecified atom stereocenters. The summed E-state index contributed by atoms with van der Waals surface area (Å²) in [6.07, 6.45) is 1.15. The average Bonchev–Trinajstić information content (AvgIpc) is 2.40. The first-order chi connectivity index (χ1) is 10.4. The van der Waals surface area contributed by atoms with Gasteiger partial charge in [-0.25, -0.2) is 8.42 Å². The Kier molecular flexibility index (Phi) is 6.53. The second kappa shape index (κ2) is 7.57. The van der Waals surface area contributed by atoms with Crippen LogP contribution in [0.4, 0.5) is 5.69 Å². The fraction of sp³-hybridized carbons (Fsp3) is 0.562. The van der Waals surface area contributed by atoms with Gasteiger partial charge in [0, 0.05) is 29.7 Å². The maximum absolute atomic E-state index is 12.1. The predicted octanol–water partition coefficient (Wildman–Crippen LogP) is 2.65. The lowest BCUT2D eigenvalue weighted by Gasteiger charge is -2.19. The first-order valence-electron chi connectivity index (χ1n) is 7.38. The van der Waals surface area contributed by atoms with Gasteiger partial charge in [-0.15, -0.1) is 0 Å². The van der Waals surface area contributed by atoms with Crippen molar-refractivity contribution in [1.82, 2.24) is 5.32 Å². The van der Waals surface area contributed by atoms with Crippen LogP contribution in [0, 0.1) is 6.92 Å². The molecule has 0 aromatic heterocycles. The van der Waals surface area contributed by atoms with Crippen molar-refractivity contribution in [1.29, 1.82) is 0 Å². The van der Waals surface area contributed by atoms with E-state index in [1.54, 1.807) is 36.9 Å². The van der Waals surface area contributed by atoms with Crippen molar-refractivity contribution in [2.24, 2.45) is 0 Å². The predicted molar refractivity (Wildman–Crippen MR) is 99.0 cm³/mol. The number of anilines is 1. The molecule has 1 rings (SSSR count). The van der Waals surface area contributed by atoms with Crippen LogP contribution in [0.5, 0.6) is 0 Å². The van der Waals surface area contributed by atoms with E-state index in [0.29, 0.717) is 17.8 Å². The molecule has 0 aliphatic heterocycles. The summed E-state index contributed by atoms with van der Waals surface area (Å²) in [7, 11) is -1.81. The van der Waals surface area contributed by atoms with Gasteiger partial charge in [-0.2, -0.15) is 11.8 Å². The lowest BCUT2D eigenvalue weighted by molar-refractivity contribution is 0.0956. The minimum atomic E-state index is -3.31. The van der Waals surface area contributed by atoms with Crippen molar-refractivity contribution in [3.05, 3.63) is 29.3 Å². The molecule has 0 aliphatic carbocycles. The number of carbonyl (C=O) groups excluding carboxylic acids is 1. The third kappa shape index (κ3) is 6.43. The molecular formula is C16H26N2O3S2. The van der Waals surface area contributed by atoms with Crippen molar-refractivity contribution >= 4 is 33.4 Å². The van der Waals surface area contributed by atoms with Crippen LogP contribution in [0.3, 0.4) is 0 Å². The highest BCUT2D eigenvalue weighted by atomic mass is 32.2. The Hall–Kier alpha value is -1.21. The monoisotopic (exact) mass is 358 g/mol. The molecule has 0 radical (unpaired) electrons. The Balaban J connectivity index is 2.72. The van der Waals surface area contributed by atoms with Crippen LogP contribution >= 0.6 is 11.8 Å². The number of nitrogens with one attached hydrogen (secondary N) is 1. The van der Waals surface area contributed by atoms with Crippen LogP contribution in [0.1, 0.15) is 36.7 Å². The summed E-state index contributed by atoms with van der Waals surface area (Å²) in [5.74, 6) is 0.708. The minimum Gasteiger partial charge on any atom is -0.351 e. The molecule has 0 saturated heterocycles. The first kappa shape index (κ1) is 19.8. The van der Waals surface area contributed by atoms with E-state index < -0.39 is 10.0 Å². The number of thioether (sulfide) groups is 1. The van der Waals surface area contributed by atoms with Gasteiger partial charge in [0.05, 0.1) is 11.9 Å². The van der Waals surface area contributed by atoms with Crippen molar-refractivity contribution in [3.63, 3.8) is 0 Å². The van der Waals surface area contributed by atoms with E-state index >= 15 is 0 Å². The SMILES string of the molecule is Cc1cc(C(=O)NCCSC(C)(C)C)ccc1N(C)S(C)(=O)=O. The van der Waals surface area contributed by atoms with Gasteiger partial charge < -0.3 is 5.32 Å². The molecule has 1 aromatic carbocycles. The van der Waals surface area contributed by atoms with Gasteiger partial charge in [-0.05, 0) is 30.7 Å². The normalized spacial score (nSPS) is 12.1. The Labute approximate surface area is 143 Å². The third-order valence-electron chi connectivity index (χ3n) is 3.22. The van der Waals surface area contributed by atoms with Gasteiger partial charge in [-0.1, -0.05) is 20.8 Å². The summed E-state index contributed by atoms with van der Waals surface area (Å²) in [5, 5.41) is 2.89. The van der Waals surface area contributed by atoms with Crippen molar-refractivity contribution in [3.8, 4) is 0 Å². The molecule has 0 spiro atoms. The number of hydrogen-bond acceptors (Lipinski definition) is 4. The lowest BCUT2D eigenvalue weighted by atomic mass is 10.1. The Morgan fingerprint density at radius 3 is 2.39 bits per heavy atom. The van der Waals surface area contributed by atoms with Gasteiger partial charge in [-0.3, -0.25) is 9.10 Å². The Morgan fingerprint density at radius 1 is 1.30 bits per heavy atom. The highest BCUT2D eigenvalue weighted by Gasteiger charge is 2.16. The molecule has 130 valence electrons. The molecule has 1 aromatic rings. The fourth-order valence-corrected chi connectivity index (χ4v) is 3.33. The number of rotatable bonds is 6. The zero-order valence-electron chi connectivity index (χ0n) is 14.6. The molecular weight excluding hydrogens is 332 g/mol. The average molecular weight is 359 g/mol. The van der Waals surface area contributed by atoms with Crippen LogP contribution in [0.25, 0.3) is 0 Å². The zero-order valence-corrected chi connectivity index (χ0v) is 16.3. The first-order valence-corrected chi connectivity index (χ1v) is 10.2. The quantitative estimate of drug-likeness (QED) is 0.794. The summed E-state index contributed by atoms with van der Waals surface area (Å²) in [6.45, 7) is 8.81. The van der Waals surface area contributed by atoms with E-state index in [9.17, 15) is 13.2 Å². The van der Waals surface area contributed by atoms with Gasteiger partial charge in [0.15, 0.2) is 0 Å². The highest BCUT2D eigenvalue weighted by molar-refractivity contribution is 8.00. The van der Waals surface area contributed by atoms with Gasteiger partial charge in [0.25, 0.3) is 5.91 Å². The van der Waals surface area contributed by atoms with Gasteiger partial charge in [0.1, 0.15) is 0 Å². The summed E-state index contributed by atoms with van der Waals surface area (Å²) in [5.41, 5.74) is 1.86. The maximum Gasteiger partial charge on any atom is 0.251 e. The molecule has 0 atom stereocenters. The number of hydrogen-bond donors (Lipinski definition) is 1. The van der Waals surface area contributed by atoms with E-state index in [0.717, 1.165) is 17.6 Å². The molecule has 5 nitrogen and oxygen atoms in total. The van der Waals surface area contributed by atoms with E-state index in [-0.39, 0.29) is 10.7 Å². The highest BCUT2D eigenvalue weighted by Crippen LogP contribution is 2.23. The standard InChI is InChI=1S/C16H26N2O3S2/c1-12-11-13(7-8-14(12)18(5)23(6,20)21)15(19)17-9-10-22-16(2,3)4/h7-8,11H,9-10H2,1-6H3,(H,17,19). The number of aryl methyl sites for hydroxylation is 1. The van der Waals surface area contributed by atoms with Crippen LogP contribution in [-0.4, -0.2) is 44.7 Å². The molecule has 0 fully saturated rings. The van der Waals surface area contributed by atoms with E-state index in [2.05, 4.69) is 26.1 Å². The van der Waals surface area contributed by atoms with E-state index in [1.807, 2.05) is 0 Å². The number of sulfonamides is 1. The molecule has 0 saturated carbocycles. The second-order valence-corrected chi connectivity index (χ2v) is 10.4. The number of benzene rings is 1. The molecule has 7 heteroatoms. The summed E-state index contributed by atoms with van der Waals surface area (Å²) < 4.78 is 24.6. The molecule has 0 heterocycles. The largest absolute Gasteiger partial charge is 0.351 e. The molecule has 0 bridgehead atoms. The zero-order chi connectivity index (χ0) is 17.8. The second-order valence-electron chi connectivity index (χ2n) is 6.45. The van der Waals surface area contributed by atoms with Crippen LogP contribution in [0.15, 0.2) is 18.2 Å². The topological polar surface area (TPSA) is 66.5 Å². The summed E-state index contributed by atoms with van der Waals surface area (Å²) >= 11 is 1.79. The fourth-order valence-electron chi connectivity index (χ4n) is 1.95. The van der Waals surface area contributed by atoms with Gasteiger partial charge in [0.2, 0.25) is 10.0 Å². The van der Waals surface area contributed by atoms with Gasteiger partial charge >= 0.3 is 0 Å². The Morgan fingerprint density at radius 2 is 1.91 bits per heavy atom. The number of amides is 1. The maximum atomic E-state index is 12.1. The van der Waals surface area contributed by atoms with Crippen LogP contribution < -0.4 is 9.62 Å².